The second kappa shape index (κ2) is 6.40. The fourth-order valence-corrected chi connectivity index (χ4v) is 5.04. The highest BCUT2D eigenvalue weighted by Crippen LogP contribution is 2.46. The molecule has 0 aliphatic carbocycles. The topological polar surface area (TPSA) is 88.0 Å². The van der Waals surface area contributed by atoms with Gasteiger partial charge in [0.15, 0.2) is 5.43 Å². The molecule has 0 radical (unpaired) electrons. The number of pyridine rings is 1. The number of nitrogens with one attached hydrogen (secondary N) is 1. The van der Waals surface area contributed by atoms with Gasteiger partial charge in [0.25, 0.3) is 0 Å². The van der Waals surface area contributed by atoms with Crippen LogP contribution in [-0.4, -0.2) is 25.6 Å². The summed E-state index contributed by atoms with van der Waals surface area (Å²) in [6.07, 6.45) is 4.20. The van der Waals surface area contributed by atoms with Crippen LogP contribution in [0.15, 0.2) is 46.3 Å². The molecule has 0 saturated heterocycles. The van der Waals surface area contributed by atoms with Crippen molar-refractivity contribution in [1.29, 1.82) is 0 Å². The van der Waals surface area contributed by atoms with Crippen LogP contribution >= 0.6 is 11.3 Å². The summed E-state index contributed by atoms with van der Waals surface area (Å²) in [5.41, 5.74) is 6.78. The highest BCUT2D eigenvalue weighted by atomic mass is 32.1. The van der Waals surface area contributed by atoms with Gasteiger partial charge in [0.1, 0.15) is 5.56 Å². The zero-order valence-corrected chi connectivity index (χ0v) is 17.7. The van der Waals surface area contributed by atoms with E-state index in [1.54, 1.807) is 5.51 Å². The third-order valence-electron chi connectivity index (χ3n) is 5.98. The third kappa shape index (κ3) is 2.73. The van der Waals surface area contributed by atoms with Gasteiger partial charge in [-0.05, 0) is 29.5 Å². The van der Waals surface area contributed by atoms with Crippen LogP contribution in [0.4, 0.5) is 0 Å². The molecule has 4 aromatic rings. The maximum Gasteiger partial charge on any atom is 0.341 e. The first-order valence-electron chi connectivity index (χ1n) is 9.77. The van der Waals surface area contributed by atoms with Crippen LogP contribution in [0.5, 0.6) is 0 Å². The molecule has 6 nitrogen and oxygen atoms in total. The van der Waals surface area contributed by atoms with E-state index >= 15 is 0 Å². The average Bonchev–Trinajstić information content (AvgIpc) is 3.37. The molecule has 7 heteroatoms. The fourth-order valence-electron chi connectivity index (χ4n) is 4.49. The van der Waals surface area contributed by atoms with Crippen molar-refractivity contribution in [2.75, 3.05) is 0 Å². The second-order valence-electron chi connectivity index (χ2n) is 8.83. The van der Waals surface area contributed by atoms with Crippen molar-refractivity contribution in [2.24, 2.45) is 5.41 Å². The van der Waals surface area contributed by atoms with Gasteiger partial charge in [-0.3, -0.25) is 4.79 Å². The van der Waals surface area contributed by atoms with Crippen LogP contribution in [0.2, 0.25) is 0 Å². The van der Waals surface area contributed by atoms with Crippen LogP contribution < -0.4 is 5.43 Å². The minimum atomic E-state index is -1.20. The molecule has 1 aliphatic heterocycles. The Kier molecular flexibility index (Phi) is 4.02. The van der Waals surface area contributed by atoms with Crippen molar-refractivity contribution >= 4 is 28.2 Å². The zero-order chi connectivity index (χ0) is 21.2. The molecule has 1 aromatic carbocycles. The Morgan fingerprint density at radius 3 is 2.77 bits per heavy atom. The van der Waals surface area contributed by atoms with E-state index in [-0.39, 0.29) is 17.0 Å². The summed E-state index contributed by atoms with van der Waals surface area (Å²) in [5.74, 6) is -1.20. The Bertz CT molecular complexity index is 1360. The molecule has 5 rings (SSSR count). The van der Waals surface area contributed by atoms with Gasteiger partial charge in [0.2, 0.25) is 0 Å². The Balaban J connectivity index is 1.88. The minimum absolute atomic E-state index is 0.0157. The Labute approximate surface area is 176 Å². The lowest BCUT2D eigenvalue weighted by molar-refractivity contribution is 0.0693. The number of aromatic amines is 1. The molecule has 2 N–H and O–H groups in total. The van der Waals surface area contributed by atoms with E-state index < -0.39 is 11.4 Å². The maximum atomic E-state index is 12.6. The Morgan fingerprint density at radius 1 is 1.30 bits per heavy atom. The maximum absolute atomic E-state index is 12.6. The summed E-state index contributed by atoms with van der Waals surface area (Å²) < 4.78 is 1.98. The van der Waals surface area contributed by atoms with E-state index in [0.717, 1.165) is 39.8 Å². The lowest BCUT2D eigenvalue weighted by atomic mass is 9.77. The number of hydrogen-bond donors (Lipinski definition) is 2. The average molecular weight is 420 g/mol. The number of hydrogen-bond acceptors (Lipinski definition) is 4. The summed E-state index contributed by atoms with van der Waals surface area (Å²) in [5, 5.41) is 12.6. The predicted octanol–water partition coefficient (Wildman–Crippen LogP) is 4.96. The monoisotopic (exact) mass is 419 g/mol. The number of aromatic carboxylic acids is 1. The van der Waals surface area contributed by atoms with E-state index in [4.69, 9.17) is 0 Å². The summed E-state index contributed by atoms with van der Waals surface area (Å²) in [4.78, 5) is 32.1. The SMILES string of the molecule is CC(C)(C)[C@@H]1Cc2c(cc(-c3cscn3)c3[nH]ccc23)-c2cc(=O)c(C(=O)O)cn21. The summed E-state index contributed by atoms with van der Waals surface area (Å²) in [6, 6.07) is 5.64. The molecular formula is C23H21N3O3S. The van der Waals surface area contributed by atoms with Crippen LogP contribution in [0, 0.1) is 5.41 Å². The number of fused-ring (bicyclic) bond motifs is 5. The fraction of sp³-hybridized carbons (Fsp3) is 0.261. The molecule has 30 heavy (non-hydrogen) atoms. The van der Waals surface area contributed by atoms with Crippen LogP contribution in [0.1, 0.15) is 42.7 Å². The number of aromatic nitrogens is 3. The second-order valence-corrected chi connectivity index (χ2v) is 9.54. The highest BCUT2D eigenvalue weighted by Gasteiger charge is 2.35. The zero-order valence-electron chi connectivity index (χ0n) is 16.9. The molecule has 152 valence electrons. The molecule has 0 spiro atoms. The molecule has 0 amide bonds. The molecule has 0 unspecified atom stereocenters. The van der Waals surface area contributed by atoms with Gasteiger partial charge in [-0.15, -0.1) is 11.3 Å². The summed E-state index contributed by atoms with van der Waals surface area (Å²) in [7, 11) is 0. The van der Waals surface area contributed by atoms with Crippen molar-refractivity contribution < 1.29 is 9.90 Å². The number of rotatable bonds is 2. The largest absolute Gasteiger partial charge is 0.477 e. The van der Waals surface area contributed by atoms with Crippen molar-refractivity contribution in [3.63, 3.8) is 0 Å². The number of benzene rings is 1. The van der Waals surface area contributed by atoms with E-state index in [1.807, 2.05) is 16.1 Å². The van der Waals surface area contributed by atoms with E-state index in [0.29, 0.717) is 0 Å². The van der Waals surface area contributed by atoms with Crippen molar-refractivity contribution in [3.05, 3.63) is 62.8 Å². The van der Waals surface area contributed by atoms with Gasteiger partial charge in [-0.1, -0.05) is 20.8 Å². The molecule has 1 aliphatic rings. The number of carbonyl (C=O) groups is 1. The highest BCUT2D eigenvalue weighted by molar-refractivity contribution is 7.07. The molecule has 0 saturated carbocycles. The van der Waals surface area contributed by atoms with E-state index in [9.17, 15) is 14.7 Å². The Morgan fingerprint density at radius 2 is 2.10 bits per heavy atom. The number of H-pyrrole nitrogens is 1. The van der Waals surface area contributed by atoms with Crippen LogP contribution in [-0.2, 0) is 6.42 Å². The van der Waals surface area contributed by atoms with Gasteiger partial charge >= 0.3 is 5.97 Å². The molecule has 1 atom stereocenters. The minimum Gasteiger partial charge on any atom is -0.477 e. The van der Waals surface area contributed by atoms with Crippen LogP contribution in [0.3, 0.4) is 0 Å². The molecule has 4 heterocycles. The number of thiazole rings is 1. The predicted molar refractivity (Wildman–Crippen MR) is 118 cm³/mol. The van der Waals surface area contributed by atoms with Crippen molar-refractivity contribution in [3.8, 4) is 22.5 Å². The van der Waals surface area contributed by atoms with E-state index in [2.05, 4.69) is 42.9 Å². The Hall–Kier alpha value is -3.19. The molecular weight excluding hydrogens is 398 g/mol. The third-order valence-corrected chi connectivity index (χ3v) is 6.57. The van der Waals surface area contributed by atoms with Crippen molar-refractivity contribution in [1.82, 2.24) is 14.5 Å². The summed E-state index contributed by atoms with van der Waals surface area (Å²) >= 11 is 1.53. The first-order valence-corrected chi connectivity index (χ1v) is 10.7. The van der Waals surface area contributed by atoms with Crippen LogP contribution in [0.25, 0.3) is 33.4 Å². The standard InChI is InChI=1S/C23H21N3O3S/c1-23(2,3)20-7-13-12-4-5-24-21(12)15(17-10-30-11-25-17)6-14(13)18-8-19(27)16(22(28)29)9-26(18)20/h4-6,8-11,20,24H,7H2,1-3H3,(H,28,29)/t20-/m0/s1. The van der Waals surface area contributed by atoms with E-state index in [1.165, 1.54) is 29.2 Å². The van der Waals surface area contributed by atoms with Gasteiger partial charge in [0, 0.05) is 46.4 Å². The normalized spacial score (nSPS) is 15.8. The quantitative estimate of drug-likeness (QED) is 0.481. The first-order chi connectivity index (χ1) is 14.3. The van der Waals surface area contributed by atoms with Gasteiger partial charge in [-0.2, -0.15) is 0 Å². The first kappa shape index (κ1) is 18.8. The molecule has 0 bridgehead atoms. The summed E-state index contributed by atoms with van der Waals surface area (Å²) in [6.45, 7) is 6.43. The smallest absolute Gasteiger partial charge is 0.341 e. The number of carboxylic acids is 1. The number of carboxylic acid groups (broad SMARTS) is 1. The van der Waals surface area contributed by atoms with Gasteiger partial charge in [0.05, 0.1) is 22.4 Å². The molecule has 0 fully saturated rings. The molecule has 3 aromatic heterocycles. The van der Waals surface area contributed by atoms with Gasteiger partial charge < -0.3 is 14.7 Å². The van der Waals surface area contributed by atoms with Crippen molar-refractivity contribution in [2.45, 2.75) is 33.2 Å². The van der Waals surface area contributed by atoms with Gasteiger partial charge in [-0.25, -0.2) is 9.78 Å². The lowest BCUT2D eigenvalue weighted by Gasteiger charge is -2.39. The number of nitrogens with zero attached hydrogens (tertiary/aromatic N) is 2. The lowest BCUT2D eigenvalue weighted by Crippen LogP contribution is -2.32.